The van der Waals surface area contributed by atoms with Gasteiger partial charge in [-0.3, -0.25) is 4.79 Å². The zero-order valence-corrected chi connectivity index (χ0v) is 16.9. The summed E-state index contributed by atoms with van der Waals surface area (Å²) >= 11 is 3.01. The Morgan fingerprint density at radius 1 is 1.14 bits per heavy atom. The Morgan fingerprint density at radius 3 is 2.79 bits per heavy atom. The van der Waals surface area contributed by atoms with E-state index in [2.05, 4.69) is 9.97 Å². The van der Waals surface area contributed by atoms with Crippen LogP contribution in [-0.4, -0.2) is 40.4 Å². The lowest BCUT2D eigenvalue weighted by Crippen LogP contribution is -2.33. The maximum atomic E-state index is 12.5. The first kappa shape index (κ1) is 18.5. The number of esters is 1. The molecule has 0 spiro atoms. The van der Waals surface area contributed by atoms with Gasteiger partial charge in [0.15, 0.2) is 6.61 Å². The highest BCUT2D eigenvalue weighted by Gasteiger charge is 2.22. The highest BCUT2D eigenvalue weighted by molar-refractivity contribution is 7.18. The van der Waals surface area contributed by atoms with Crippen LogP contribution in [0.15, 0.2) is 48.0 Å². The first-order chi connectivity index (χ1) is 13.5. The van der Waals surface area contributed by atoms with Gasteiger partial charge in [0.05, 0.1) is 37.5 Å². The maximum Gasteiger partial charge on any atom is 0.338 e. The van der Waals surface area contributed by atoms with E-state index in [1.807, 2.05) is 31.2 Å². The second kappa shape index (κ2) is 7.65. The summed E-state index contributed by atoms with van der Waals surface area (Å²) in [6.07, 6.45) is 0. The standard InChI is InChI=1S/C20H17N3O3S2/c1-12(19-22-15-5-3-4-6-16(15)28-19)23(2)18(24)10-26-20(25)13-7-8-14-17(9-13)27-11-21-14/h3-9,11-12H,10H2,1-2H3/t12-/m0/s1. The van der Waals surface area contributed by atoms with Crippen LogP contribution in [0.25, 0.3) is 20.4 Å². The smallest absolute Gasteiger partial charge is 0.338 e. The zero-order valence-electron chi connectivity index (χ0n) is 15.3. The predicted octanol–water partition coefficient (Wildman–Crippen LogP) is 4.28. The van der Waals surface area contributed by atoms with Crippen molar-refractivity contribution in [2.45, 2.75) is 13.0 Å². The second-order valence-electron chi connectivity index (χ2n) is 6.31. The van der Waals surface area contributed by atoms with Crippen molar-refractivity contribution in [2.24, 2.45) is 0 Å². The molecule has 0 radical (unpaired) electrons. The fourth-order valence-electron chi connectivity index (χ4n) is 2.74. The molecule has 1 atom stereocenters. The quantitative estimate of drug-likeness (QED) is 0.458. The number of nitrogens with zero attached hydrogens (tertiary/aromatic N) is 3. The van der Waals surface area contributed by atoms with Gasteiger partial charge in [-0.2, -0.15) is 0 Å². The summed E-state index contributed by atoms with van der Waals surface area (Å²) in [5.41, 5.74) is 3.88. The number of hydrogen-bond acceptors (Lipinski definition) is 7. The molecule has 1 amide bonds. The molecule has 28 heavy (non-hydrogen) atoms. The number of benzene rings is 2. The minimum Gasteiger partial charge on any atom is -0.452 e. The third-order valence-electron chi connectivity index (χ3n) is 4.54. The molecule has 2 aromatic heterocycles. The van der Waals surface area contributed by atoms with Crippen LogP contribution < -0.4 is 0 Å². The lowest BCUT2D eigenvalue weighted by atomic mass is 10.2. The predicted molar refractivity (Wildman–Crippen MR) is 111 cm³/mol. The van der Waals surface area contributed by atoms with Crippen molar-refractivity contribution in [2.75, 3.05) is 13.7 Å². The highest BCUT2D eigenvalue weighted by Crippen LogP contribution is 2.28. The number of para-hydroxylation sites is 1. The van der Waals surface area contributed by atoms with Crippen LogP contribution in [-0.2, 0) is 9.53 Å². The molecule has 0 aliphatic rings. The molecule has 142 valence electrons. The van der Waals surface area contributed by atoms with Crippen molar-refractivity contribution >= 4 is 55.0 Å². The minimum atomic E-state index is -0.523. The average molecular weight is 412 g/mol. The number of aromatic nitrogens is 2. The fourth-order valence-corrected chi connectivity index (χ4v) is 4.52. The number of fused-ring (bicyclic) bond motifs is 2. The van der Waals surface area contributed by atoms with Gasteiger partial charge in [-0.05, 0) is 37.3 Å². The Kier molecular flexibility index (Phi) is 5.06. The molecule has 0 saturated heterocycles. The number of amides is 1. The van der Waals surface area contributed by atoms with Crippen LogP contribution in [0, 0.1) is 0 Å². The van der Waals surface area contributed by atoms with E-state index >= 15 is 0 Å². The molecule has 2 aromatic carbocycles. The van der Waals surface area contributed by atoms with E-state index in [0.29, 0.717) is 5.56 Å². The Hall–Kier alpha value is -2.84. The summed E-state index contributed by atoms with van der Waals surface area (Å²) in [7, 11) is 1.69. The number of carbonyl (C=O) groups excluding carboxylic acids is 2. The van der Waals surface area contributed by atoms with Crippen molar-refractivity contribution in [3.05, 3.63) is 58.5 Å². The third-order valence-corrected chi connectivity index (χ3v) is 6.53. The summed E-state index contributed by atoms with van der Waals surface area (Å²) in [6, 6.07) is 12.8. The van der Waals surface area contributed by atoms with Gasteiger partial charge in [0.1, 0.15) is 5.01 Å². The van der Waals surface area contributed by atoms with E-state index in [-0.39, 0.29) is 18.6 Å². The molecule has 0 unspecified atom stereocenters. The van der Waals surface area contributed by atoms with E-state index < -0.39 is 5.97 Å². The van der Waals surface area contributed by atoms with Crippen LogP contribution in [0.2, 0.25) is 0 Å². The molecule has 0 saturated carbocycles. The Balaban J connectivity index is 1.40. The monoisotopic (exact) mass is 411 g/mol. The molecule has 6 nitrogen and oxygen atoms in total. The van der Waals surface area contributed by atoms with Crippen LogP contribution >= 0.6 is 22.7 Å². The average Bonchev–Trinajstić information content (AvgIpc) is 3.36. The summed E-state index contributed by atoms with van der Waals surface area (Å²) in [6.45, 7) is 1.60. The van der Waals surface area contributed by atoms with Crippen molar-refractivity contribution in [3.63, 3.8) is 0 Å². The lowest BCUT2D eigenvalue weighted by molar-refractivity contribution is -0.135. The Morgan fingerprint density at radius 2 is 1.96 bits per heavy atom. The molecular formula is C20H17N3O3S2. The van der Waals surface area contributed by atoms with E-state index in [1.54, 1.807) is 47.0 Å². The van der Waals surface area contributed by atoms with Crippen LogP contribution in [0.1, 0.15) is 28.3 Å². The van der Waals surface area contributed by atoms with Gasteiger partial charge in [-0.1, -0.05) is 12.1 Å². The van der Waals surface area contributed by atoms with Crippen LogP contribution in [0.5, 0.6) is 0 Å². The minimum absolute atomic E-state index is 0.211. The summed E-state index contributed by atoms with van der Waals surface area (Å²) in [5, 5.41) is 0.846. The molecule has 4 rings (SSSR count). The van der Waals surface area contributed by atoms with Crippen molar-refractivity contribution in [1.29, 1.82) is 0 Å². The van der Waals surface area contributed by atoms with Gasteiger partial charge in [0, 0.05) is 7.05 Å². The first-order valence-corrected chi connectivity index (χ1v) is 10.3. The van der Waals surface area contributed by atoms with E-state index in [9.17, 15) is 9.59 Å². The van der Waals surface area contributed by atoms with Crippen LogP contribution in [0.4, 0.5) is 0 Å². The molecular weight excluding hydrogens is 394 g/mol. The number of rotatable bonds is 5. The van der Waals surface area contributed by atoms with E-state index in [1.165, 1.54) is 11.3 Å². The maximum absolute atomic E-state index is 12.5. The van der Waals surface area contributed by atoms with E-state index in [0.717, 1.165) is 25.4 Å². The van der Waals surface area contributed by atoms with Gasteiger partial charge < -0.3 is 9.64 Å². The normalized spacial score (nSPS) is 12.2. The number of likely N-dealkylation sites (N-methyl/N-ethyl adjacent to an activating group) is 1. The topological polar surface area (TPSA) is 72.4 Å². The summed E-state index contributed by atoms with van der Waals surface area (Å²) < 4.78 is 7.20. The molecule has 2 heterocycles. The van der Waals surface area contributed by atoms with Crippen LogP contribution in [0.3, 0.4) is 0 Å². The van der Waals surface area contributed by atoms with Gasteiger partial charge >= 0.3 is 5.97 Å². The number of hydrogen-bond donors (Lipinski definition) is 0. The van der Waals surface area contributed by atoms with Gasteiger partial charge in [-0.25, -0.2) is 14.8 Å². The molecule has 0 fully saturated rings. The molecule has 0 bridgehead atoms. The van der Waals surface area contributed by atoms with Gasteiger partial charge in [-0.15, -0.1) is 22.7 Å². The molecule has 0 aliphatic heterocycles. The van der Waals surface area contributed by atoms with Crippen molar-refractivity contribution in [3.8, 4) is 0 Å². The number of ether oxygens (including phenoxy) is 1. The Bertz CT molecular complexity index is 1130. The first-order valence-electron chi connectivity index (χ1n) is 8.64. The third kappa shape index (κ3) is 3.61. The zero-order chi connectivity index (χ0) is 19.7. The van der Waals surface area contributed by atoms with Gasteiger partial charge in [0.25, 0.3) is 5.91 Å². The van der Waals surface area contributed by atoms with Gasteiger partial charge in [0.2, 0.25) is 0 Å². The summed E-state index contributed by atoms with van der Waals surface area (Å²) in [4.78, 5) is 35.1. The summed E-state index contributed by atoms with van der Waals surface area (Å²) in [5.74, 6) is -0.802. The largest absolute Gasteiger partial charge is 0.452 e. The number of thiazole rings is 2. The highest BCUT2D eigenvalue weighted by atomic mass is 32.1. The second-order valence-corrected chi connectivity index (χ2v) is 8.26. The molecule has 0 N–H and O–H groups in total. The fraction of sp³-hybridized carbons (Fsp3) is 0.200. The molecule has 8 heteroatoms. The SMILES string of the molecule is C[C@@H](c1nc2ccccc2s1)N(C)C(=O)COC(=O)c1ccc2ncsc2c1. The van der Waals surface area contributed by atoms with Crippen molar-refractivity contribution in [1.82, 2.24) is 14.9 Å². The molecule has 0 aliphatic carbocycles. The van der Waals surface area contributed by atoms with Crippen molar-refractivity contribution < 1.29 is 14.3 Å². The van der Waals surface area contributed by atoms with E-state index in [4.69, 9.17) is 4.74 Å². The Labute approximate surface area is 169 Å². The lowest BCUT2D eigenvalue weighted by Gasteiger charge is -2.23. The molecule has 4 aromatic rings. The number of carbonyl (C=O) groups is 2.